The minimum absolute atomic E-state index is 0.113. The van der Waals surface area contributed by atoms with E-state index in [0.29, 0.717) is 12.3 Å². The first-order chi connectivity index (χ1) is 8.72. The smallest absolute Gasteiger partial charge is 0.175 e. The first-order valence-electron chi connectivity index (χ1n) is 6.58. The fourth-order valence-electron chi connectivity index (χ4n) is 2.65. The molecule has 1 aliphatic rings. The van der Waals surface area contributed by atoms with Crippen LogP contribution >= 0.6 is 0 Å². The van der Waals surface area contributed by atoms with Gasteiger partial charge in [0, 0.05) is 6.42 Å². The molecule has 0 atom stereocenters. The Balaban J connectivity index is 1.99. The van der Waals surface area contributed by atoms with Crippen LogP contribution in [0.25, 0.3) is 0 Å². The third-order valence-corrected chi connectivity index (χ3v) is 3.74. The van der Waals surface area contributed by atoms with Crippen molar-refractivity contribution in [2.75, 3.05) is 7.11 Å². The van der Waals surface area contributed by atoms with Crippen LogP contribution in [0.2, 0.25) is 0 Å². The van der Waals surface area contributed by atoms with Crippen LogP contribution in [0.1, 0.15) is 48.9 Å². The average Bonchev–Trinajstić information content (AvgIpc) is 2.89. The number of rotatable bonds is 5. The Bertz CT molecular complexity index is 423. The molecule has 1 fully saturated rings. The van der Waals surface area contributed by atoms with Crippen molar-refractivity contribution in [3.05, 3.63) is 29.6 Å². The van der Waals surface area contributed by atoms with Crippen LogP contribution in [0.5, 0.6) is 5.75 Å². The van der Waals surface area contributed by atoms with E-state index >= 15 is 0 Å². The fourth-order valence-corrected chi connectivity index (χ4v) is 2.65. The van der Waals surface area contributed by atoms with Gasteiger partial charge in [-0.25, -0.2) is 4.39 Å². The molecule has 0 amide bonds. The van der Waals surface area contributed by atoms with Crippen LogP contribution in [0.4, 0.5) is 4.39 Å². The van der Waals surface area contributed by atoms with Crippen molar-refractivity contribution < 1.29 is 13.9 Å². The third kappa shape index (κ3) is 2.89. The van der Waals surface area contributed by atoms with E-state index in [1.807, 2.05) is 0 Å². The van der Waals surface area contributed by atoms with Gasteiger partial charge in [-0.05, 0) is 24.5 Å². The Kier molecular flexibility index (Phi) is 4.34. The number of hydrogen-bond acceptors (Lipinski definition) is 2. The van der Waals surface area contributed by atoms with Crippen LogP contribution < -0.4 is 4.74 Å². The molecule has 0 spiro atoms. The normalized spacial score (nSPS) is 15.9. The highest BCUT2D eigenvalue weighted by atomic mass is 19.1. The maximum absolute atomic E-state index is 13.9. The Morgan fingerprint density at radius 3 is 2.78 bits per heavy atom. The Morgan fingerprint density at radius 2 is 2.11 bits per heavy atom. The van der Waals surface area contributed by atoms with Crippen molar-refractivity contribution in [2.24, 2.45) is 5.92 Å². The predicted octanol–water partition coefficient (Wildman–Crippen LogP) is 3.99. The summed E-state index contributed by atoms with van der Waals surface area (Å²) in [5, 5.41) is 0. The van der Waals surface area contributed by atoms with Gasteiger partial charge in [0.1, 0.15) is 0 Å². The zero-order valence-electron chi connectivity index (χ0n) is 10.7. The molecule has 0 heterocycles. The lowest BCUT2D eigenvalue weighted by Gasteiger charge is -2.09. The molecule has 0 saturated heterocycles. The highest BCUT2D eigenvalue weighted by Crippen LogP contribution is 2.29. The Labute approximate surface area is 107 Å². The first kappa shape index (κ1) is 13.1. The molecular weight excluding hydrogens is 231 g/mol. The van der Waals surface area contributed by atoms with Crippen molar-refractivity contribution in [3.63, 3.8) is 0 Å². The first-order valence-corrected chi connectivity index (χ1v) is 6.58. The number of halogens is 1. The van der Waals surface area contributed by atoms with Crippen LogP contribution in [0.3, 0.4) is 0 Å². The molecular formula is C15H19FO2. The second-order valence-corrected chi connectivity index (χ2v) is 4.93. The van der Waals surface area contributed by atoms with Crippen LogP contribution in [0.15, 0.2) is 18.2 Å². The van der Waals surface area contributed by atoms with E-state index in [1.165, 1.54) is 44.9 Å². The van der Waals surface area contributed by atoms with Crippen LogP contribution in [-0.2, 0) is 0 Å². The average molecular weight is 250 g/mol. The molecule has 0 aromatic heterocycles. The van der Waals surface area contributed by atoms with Gasteiger partial charge in [0.05, 0.1) is 12.7 Å². The van der Waals surface area contributed by atoms with Crippen molar-refractivity contribution in [1.29, 1.82) is 0 Å². The summed E-state index contributed by atoms with van der Waals surface area (Å²) in [6.07, 6.45) is 6.30. The minimum atomic E-state index is -0.531. The van der Waals surface area contributed by atoms with E-state index in [1.54, 1.807) is 6.07 Å². The van der Waals surface area contributed by atoms with Crippen molar-refractivity contribution >= 4 is 5.78 Å². The highest BCUT2D eigenvalue weighted by Gasteiger charge is 2.19. The molecule has 3 heteroatoms. The number of benzene rings is 1. The Hall–Kier alpha value is -1.38. The van der Waals surface area contributed by atoms with Gasteiger partial charge in [-0.2, -0.15) is 0 Å². The van der Waals surface area contributed by atoms with Gasteiger partial charge in [-0.3, -0.25) is 4.79 Å². The van der Waals surface area contributed by atoms with Gasteiger partial charge in [0.2, 0.25) is 0 Å². The molecule has 1 aromatic carbocycles. The molecule has 2 nitrogen and oxygen atoms in total. The van der Waals surface area contributed by atoms with Crippen molar-refractivity contribution in [3.8, 4) is 5.75 Å². The van der Waals surface area contributed by atoms with Gasteiger partial charge in [0.25, 0.3) is 0 Å². The molecule has 0 unspecified atom stereocenters. The number of carbonyl (C=O) groups excluding carboxylic acids is 1. The predicted molar refractivity (Wildman–Crippen MR) is 68.5 cm³/mol. The molecule has 0 N–H and O–H groups in total. The number of methoxy groups -OCH3 is 1. The summed E-state index contributed by atoms with van der Waals surface area (Å²) in [4.78, 5) is 12.0. The van der Waals surface area contributed by atoms with E-state index in [2.05, 4.69) is 0 Å². The molecule has 1 aromatic rings. The molecule has 0 radical (unpaired) electrons. The summed E-state index contributed by atoms with van der Waals surface area (Å²) in [6, 6.07) is 4.72. The van der Waals surface area contributed by atoms with Gasteiger partial charge in [-0.1, -0.05) is 31.7 Å². The van der Waals surface area contributed by atoms with Crippen molar-refractivity contribution in [1.82, 2.24) is 0 Å². The Morgan fingerprint density at radius 1 is 1.39 bits per heavy atom. The number of ether oxygens (including phenoxy) is 1. The number of Topliss-reactive ketones (excluding diaryl/α,β-unsaturated/α-hetero) is 1. The summed E-state index contributed by atoms with van der Waals surface area (Å²) < 4.78 is 18.8. The van der Waals surface area contributed by atoms with E-state index in [-0.39, 0.29) is 17.1 Å². The van der Waals surface area contributed by atoms with E-state index in [4.69, 9.17) is 4.74 Å². The van der Waals surface area contributed by atoms with Gasteiger partial charge < -0.3 is 4.74 Å². The topological polar surface area (TPSA) is 26.3 Å². The third-order valence-electron chi connectivity index (χ3n) is 3.74. The van der Waals surface area contributed by atoms with Gasteiger partial charge >= 0.3 is 0 Å². The molecule has 1 aliphatic carbocycles. The summed E-state index contributed by atoms with van der Waals surface area (Å²) in [5.74, 6) is 0.152. The monoisotopic (exact) mass is 250 g/mol. The second kappa shape index (κ2) is 5.98. The summed E-state index contributed by atoms with van der Waals surface area (Å²) >= 11 is 0. The molecule has 0 aliphatic heterocycles. The molecule has 18 heavy (non-hydrogen) atoms. The fraction of sp³-hybridized carbons (Fsp3) is 0.533. The maximum atomic E-state index is 13.9. The number of hydrogen-bond donors (Lipinski definition) is 0. The van der Waals surface area contributed by atoms with Gasteiger partial charge in [0.15, 0.2) is 17.3 Å². The summed E-state index contributed by atoms with van der Waals surface area (Å²) in [5.41, 5.74) is 0.160. The van der Waals surface area contributed by atoms with E-state index in [0.717, 1.165) is 6.42 Å². The maximum Gasteiger partial charge on any atom is 0.175 e. The number of ketones is 1. The van der Waals surface area contributed by atoms with Crippen molar-refractivity contribution in [2.45, 2.75) is 38.5 Å². The lowest BCUT2D eigenvalue weighted by atomic mass is 9.97. The highest BCUT2D eigenvalue weighted by molar-refractivity contribution is 5.96. The molecule has 1 saturated carbocycles. The standard InChI is InChI=1S/C15H19FO2/c1-18-14-8-4-7-12(15(14)16)13(17)10-9-11-5-2-3-6-11/h4,7-8,11H,2-3,5-6,9-10H2,1H3. The molecule has 98 valence electrons. The largest absolute Gasteiger partial charge is 0.494 e. The van der Waals surface area contributed by atoms with Crippen LogP contribution in [0, 0.1) is 11.7 Å². The second-order valence-electron chi connectivity index (χ2n) is 4.93. The molecule has 0 bridgehead atoms. The lowest BCUT2D eigenvalue weighted by molar-refractivity contribution is 0.0969. The SMILES string of the molecule is COc1cccc(C(=O)CCC2CCCC2)c1F. The molecule has 2 rings (SSSR count). The number of carbonyl (C=O) groups is 1. The van der Waals surface area contributed by atoms with Gasteiger partial charge in [-0.15, -0.1) is 0 Å². The lowest BCUT2D eigenvalue weighted by Crippen LogP contribution is -2.06. The summed E-state index contributed by atoms with van der Waals surface area (Å²) in [7, 11) is 1.41. The van der Waals surface area contributed by atoms with E-state index in [9.17, 15) is 9.18 Å². The quantitative estimate of drug-likeness (QED) is 0.739. The zero-order valence-corrected chi connectivity index (χ0v) is 10.7. The van der Waals surface area contributed by atoms with E-state index < -0.39 is 5.82 Å². The summed E-state index contributed by atoms with van der Waals surface area (Å²) in [6.45, 7) is 0. The zero-order chi connectivity index (χ0) is 13.0. The minimum Gasteiger partial charge on any atom is -0.494 e. The van der Waals surface area contributed by atoms with Crippen LogP contribution in [-0.4, -0.2) is 12.9 Å².